The lowest BCUT2D eigenvalue weighted by Gasteiger charge is -2.36. The van der Waals surface area contributed by atoms with Crippen LogP contribution in [0, 0.1) is 0 Å². The van der Waals surface area contributed by atoms with E-state index >= 15 is 0 Å². The summed E-state index contributed by atoms with van der Waals surface area (Å²) in [6.07, 6.45) is -4.32. The summed E-state index contributed by atoms with van der Waals surface area (Å²) in [5.41, 5.74) is 2.00. The Hall–Kier alpha value is -2.78. The molecule has 0 aliphatic carbocycles. The Morgan fingerprint density at radius 2 is 1.77 bits per heavy atom. The van der Waals surface area contributed by atoms with Gasteiger partial charge < -0.3 is 14.4 Å². The molecule has 0 unspecified atom stereocenters. The molecule has 162 valence electrons. The van der Waals surface area contributed by atoms with Crippen molar-refractivity contribution < 1.29 is 22.6 Å². The molecule has 5 rings (SSSR count). The average Bonchev–Trinajstić information content (AvgIpc) is 3.42. The molecule has 2 aliphatic heterocycles. The second-order valence-corrected chi connectivity index (χ2v) is 8.38. The molecular weight excluding hydrogens is 427 g/mol. The van der Waals surface area contributed by atoms with Crippen LogP contribution in [0.5, 0.6) is 11.5 Å². The molecule has 3 heterocycles. The highest BCUT2D eigenvalue weighted by Crippen LogP contribution is 2.37. The van der Waals surface area contributed by atoms with Crippen molar-refractivity contribution in [3.8, 4) is 22.1 Å². The van der Waals surface area contributed by atoms with Crippen molar-refractivity contribution in [2.45, 2.75) is 12.7 Å². The Morgan fingerprint density at radius 3 is 2.58 bits per heavy atom. The largest absolute Gasteiger partial charge is 0.454 e. The van der Waals surface area contributed by atoms with Gasteiger partial charge in [-0.15, -0.1) is 11.3 Å². The van der Waals surface area contributed by atoms with E-state index in [1.54, 1.807) is 17.4 Å². The molecule has 1 aromatic heterocycles. The first-order valence-corrected chi connectivity index (χ1v) is 10.8. The summed E-state index contributed by atoms with van der Waals surface area (Å²) < 4.78 is 49.7. The number of nitrogens with zero attached hydrogens (tertiary/aromatic N) is 3. The van der Waals surface area contributed by atoms with Gasteiger partial charge in [0.1, 0.15) is 5.01 Å². The number of fused-ring (bicyclic) bond motifs is 1. The van der Waals surface area contributed by atoms with E-state index in [-0.39, 0.29) is 6.79 Å². The van der Waals surface area contributed by atoms with Gasteiger partial charge in [0.25, 0.3) is 0 Å². The Balaban J connectivity index is 1.20. The van der Waals surface area contributed by atoms with Crippen molar-refractivity contribution in [2.24, 2.45) is 0 Å². The van der Waals surface area contributed by atoms with Crippen molar-refractivity contribution in [3.63, 3.8) is 0 Å². The summed E-state index contributed by atoms with van der Waals surface area (Å²) in [7, 11) is 0. The first kappa shape index (κ1) is 20.1. The zero-order valence-corrected chi connectivity index (χ0v) is 17.4. The number of aromatic nitrogens is 1. The quantitative estimate of drug-likeness (QED) is 0.570. The number of rotatable bonds is 4. The van der Waals surface area contributed by atoms with E-state index in [2.05, 4.69) is 10.3 Å². The monoisotopic (exact) mass is 447 g/mol. The van der Waals surface area contributed by atoms with Crippen LogP contribution in [0.2, 0.25) is 0 Å². The first-order valence-electron chi connectivity index (χ1n) is 9.95. The molecule has 5 nitrogen and oxygen atoms in total. The second kappa shape index (κ2) is 8.05. The SMILES string of the molecule is FC(F)(F)c1cccc(N2CCN(Cc3csc(-c4ccc5c(c4)OCO5)n3)CC2)c1. The van der Waals surface area contributed by atoms with Gasteiger partial charge in [-0.05, 0) is 36.4 Å². The molecule has 3 aromatic rings. The molecule has 1 saturated heterocycles. The van der Waals surface area contributed by atoms with Crippen LogP contribution in [0.3, 0.4) is 0 Å². The summed E-state index contributed by atoms with van der Waals surface area (Å²) in [6, 6.07) is 11.4. The number of hydrogen-bond acceptors (Lipinski definition) is 6. The van der Waals surface area contributed by atoms with E-state index in [0.29, 0.717) is 18.8 Å². The third-order valence-electron chi connectivity index (χ3n) is 5.47. The van der Waals surface area contributed by atoms with Gasteiger partial charge in [0.15, 0.2) is 11.5 Å². The molecule has 0 amide bonds. The maximum absolute atomic E-state index is 13.0. The highest BCUT2D eigenvalue weighted by Gasteiger charge is 2.31. The van der Waals surface area contributed by atoms with E-state index in [0.717, 1.165) is 53.5 Å². The highest BCUT2D eigenvalue weighted by atomic mass is 32.1. The molecule has 0 bridgehead atoms. The van der Waals surface area contributed by atoms with Crippen LogP contribution in [0.15, 0.2) is 47.8 Å². The minimum absolute atomic E-state index is 0.244. The molecule has 2 aromatic carbocycles. The van der Waals surface area contributed by atoms with Gasteiger partial charge in [-0.25, -0.2) is 4.98 Å². The number of benzene rings is 2. The van der Waals surface area contributed by atoms with Gasteiger partial charge in [-0.3, -0.25) is 4.90 Å². The topological polar surface area (TPSA) is 37.8 Å². The Labute approximate surface area is 181 Å². The maximum Gasteiger partial charge on any atom is 0.416 e. The van der Waals surface area contributed by atoms with Gasteiger partial charge >= 0.3 is 6.18 Å². The zero-order chi connectivity index (χ0) is 21.4. The fourth-order valence-corrected chi connectivity index (χ4v) is 4.62. The number of ether oxygens (including phenoxy) is 2. The van der Waals surface area contributed by atoms with Gasteiger partial charge in [-0.2, -0.15) is 13.2 Å². The number of piperazine rings is 1. The predicted octanol–water partition coefficient (Wildman–Crippen LogP) is 4.88. The van der Waals surface area contributed by atoms with Gasteiger partial charge in [0.05, 0.1) is 11.3 Å². The van der Waals surface area contributed by atoms with E-state index < -0.39 is 11.7 Å². The Morgan fingerprint density at radius 1 is 0.968 bits per heavy atom. The highest BCUT2D eigenvalue weighted by molar-refractivity contribution is 7.13. The first-order chi connectivity index (χ1) is 15.0. The van der Waals surface area contributed by atoms with Crippen molar-refractivity contribution >= 4 is 17.0 Å². The molecule has 1 fully saturated rings. The van der Waals surface area contributed by atoms with Crippen LogP contribution in [0.4, 0.5) is 18.9 Å². The standard InChI is InChI=1S/C22H20F3N3O2S/c23-22(24,25)16-2-1-3-18(11-16)28-8-6-27(7-9-28)12-17-13-31-21(26-17)15-4-5-19-20(10-15)30-14-29-19/h1-5,10-11,13H,6-9,12,14H2. The third kappa shape index (κ3) is 4.33. The number of anilines is 1. The molecular formula is C22H20F3N3O2S. The average molecular weight is 447 g/mol. The van der Waals surface area contributed by atoms with Crippen LogP contribution < -0.4 is 14.4 Å². The Kier molecular flexibility index (Phi) is 5.23. The van der Waals surface area contributed by atoms with Crippen molar-refractivity contribution in [3.05, 3.63) is 59.1 Å². The fourth-order valence-electron chi connectivity index (χ4n) is 3.81. The van der Waals surface area contributed by atoms with Gasteiger partial charge in [-0.1, -0.05) is 6.07 Å². The molecule has 0 spiro atoms. The summed E-state index contributed by atoms with van der Waals surface area (Å²) in [5, 5.41) is 2.98. The molecule has 2 aliphatic rings. The van der Waals surface area contributed by atoms with Gasteiger partial charge in [0.2, 0.25) is 6.79 Å². The lowest BCUT2D eigenvalue weighted by Crippen LogP contribution is -2.46. The number of halogens is 3. The molecule has 31 heavy (non-hydrogen) atoms. The van der Waals surface area contributed by atoms with Crippen LogP contribution in [-0.2, 0) is 12.7 Å². The number of thiazole rings is 1. The fraction of sp³-hybridized carbons (Fsp3) is 0.318. The summed E-state index contributed by atoms with van der Waals surface area (Å²) in [5.74, 6) is 1.49. The van der Waals surface area contributed by atoms with E-state index in [1.807, 2.05) is 23.1 Å². The minimum atomic E-state index is -4.32. The third-order valence-corrected chi connectivity index (χ3v) is 6.41. The smallest absolute Gasteiger partial charge is 0.416 e. The molecule has 0 N–H and O–H groups in total. The van der Waals surface area contributed by atoms with Crippen LogP contribution in [-0.4, -0.2) is 42.9 Å². The van der Waals surface area contributed by atoms with Crippen molar-refractivity contribution in [1.82, 2.24) is 9.88 Å². The molecule has 0 saturated carbocycles. The molecule has 9 heteroatoms. The van der Waals surface area contributed by atoms with Crippen LogP contribution in [0.25, 0.3) is 10.6 Å². The molecule has 0 radical (unpaired) electrons. The molecule has 0 atom stereocenters. The summed E-state index contributed by atoms with van der Waals surface area (Å²) >= 11 is 1.59. The van der Waals surface area contributed by atoms with E-state index in [1.165, 1.54) is 12.1 Å². The maximum atomic E-state index is 13.0. The predicted molar refractivity (Wildman–Crippen MR) is 113 cm³/mol. The zero-order valence-electron chi connectivity index (χ0n) is 16.6. The number of alkyl halides is 3. The van der Waals surface area contributed by atoms with Gasteiger partial charge in [0, 0.05) is 49.4 Å². The van der Waals surface area contributed by atoms with Crippen LogP contribution >= 0.6 is 11.3 Å². The summed E-state index contributed by atoms with van der Waals surface area (Å²) in [6.45, 7) is 3.87. The normalized spacial score (nSPS) is 16.7. The number of hydrogen-bond donors (Lipinski definition) is 0. The van der Waals surface area contributed by atoms with Crippen molar-refractivity contribution in [2.75, 3.05) is 37.9 Å². The minimum Gasteiger partial charge on any atom is -0.454 e. The second-order valence-electron chi connectivity index (χ2n) is 7.52. The van der Waals surface area contributed by atoms with E-state index in [4.69, 9.17) is 14.5 Å². The lowest BCUT2D eigenvalue weighted by molar-refractivity contribution is -0.137. The Bertz CT molecular complexity index is 1080. The van der Waals surface area contributed by atoms with E-state index in [9.17, 15) is 13.2 Å². The lowest BCUT2D eigenvalue weighted by atomic mass is 10.1. The summed E-state index contributed by atoms with van der Waals surface area (Å²) in [4.78, 5) is 9.04. The van der Waals surface area contributed by atoms with Crippen molar-refractivity contribution in [1.29, 1.82) is 0 Å². The van der Waals surface area contributed by atoms with Crippen LogP contribution in [0.1, 0.15) is 11.3 Å².